The lowest BCUT2D eigenvalue weighted by molar-refractivity contribution is -0.128. The maximum absolute atomic E-state index is 12.4. The second-order valence-corrected chi connectivity index (χ2v) is 9.40. The maximum atomic E-state index is 12.4. The quantitative estimate of drug-likeness (QED) is 0.784. The van der Waals surface area contributed by atoms with Crippen molar-refractivity contribution in [3.8, 4) is 0 Å². The summed E-state index contributed by atoms with van der Waals surface area (Å²) in [7, 11) is -3.25. The zero-order chi connectivity index (χ0) is 19.4. The van der Waals surface area contributed by atoms with Gasteiger partial charge in [-0.3, -0.25) is 9.59 Å². The van der Waals surface area contributed by atoms with Crippen molar-refractivity contribution in [1.29, 1.82) is 0 Å². The Bertz CT molecular complexity index is 792. The van der Waals surface area contributed by atoms with Gasteiger partial charge in [0.1, 0.15) is 0 Å². The second-order valence-electron chi connectivity index (χ2n) is 7.41. The molecule has 0 aliphatic carbocycles. The van der Waals surface area contributed by atoms with Crippen LogP contribution >= 0.6 is 0 Å². The Balaban J connectivity index is 1.49. The fourth-order valence-electron chi connectivity index (χ4n) is 3.65. The van der Waals surface area contributed by atoms with Crippen LogP contribution < -0.4 is 5.32 Å². The van der Waals surface area contributed by atoms with Crippen LogP contribution in [0.5, 0.6) is 0 Å². The molecule has 0 spiro atoms. The van der Waals surface area contributed by atoms with Gasteiger partial charge in [0.05, 0.1) is 12.2 Å². The van der Waals surface area contributed by atoms with Gasteiger partial charge < -0.3 is 10.2 Å². The fraction of sp³-hybridized carbons (Fsp3) is 0.579. The number of benzene rings is 1. The molecule has 1 N–H and O–H groups in total. The summed E-state index contributed by atoms with van der Waals surface area (Å²) >= 11 is 0. The molecular formula is C19H27N3O4S. The van der Waals surface area contributed by atoms with Gasteiger partial charge in [-0.1, -0.05) is 24.3 Å². The highest BCUT2D eigenvalue weighted by molar-refractivity contribution is 7.88. The largest absolute Gasteiger partial charge is 0.352 e. The summed E-state index contributed by atoms with van der Waals surface area (Å²) < 4.78 is 24.7. The Morgan fingerprint density at radius 2 is 1.85 bits per heavy atom. The summed E-state index contributed by atoms with van der Waals surface area (Å²) in [5.74, 6) is -0.189. The molecular weight excluding hydrogens is 366 g/mol. The molecule has 0 radical (unpaired) electrons. The van der Waals surface area contributed by atoms with Crippen LogP contribution in [0.3, 0.4) is 0 Å². The number of hydrogen-bond donors (Lipinski definition) is 1. The lowest BCUT2D eigenvalue weighted by Crippen LogP contribution is -2.44. The molecule has 3 rings (SSSR count). The number of nitrogens with one attached hydrogen (secondary N) is 1. The van der Waals surface area contributed by atoms with Gasteiger partial charge >= 0.3 is 0 Å². The molecule has 148 valence electrons. The molecule has 27 heavy (non-hydrogen) atoms. The van der Waals surface area contributed by atoms with E-state index in [4.69, 9.17) is 0 Å². The first-order chi connectivity index (χ1) is 12.8. The molecule has 1 aromatic rings. The van der Waals surface area contributed by atoms with Crippen LogP contribution in [0.2, 0.25) is 0 Å². The fourth-order valence-corrected chi connectivity index (χ4v) is 4.56. The summed E-state index contributed by atoms with van der Waals surface area (Å²) in [6.45, 7) is 2.62. The molecule has 2 aliphatic rings. The number of rotatable bonds is 6. The predicted octanol–water partition coefficient (Wildman–Crippen LogP) is 1.10. The van der Waals surface area contributed by atoms with Gasteiger partial charge in [-0.2, -0.15) is 0 Å². The van der Waals surface area contributed by atoms with E-state index in [-0.39, 0.29) is 24.3 Å². The number of amides is 2. The predicted molar refractivity (Wildman–Crippen MR) is 102 cm³/mol. The topological polar surface area (TPSA) is 86.8 Å². The molecule has 1 atom stereocenters. The van der Waals surface area contributed by atoms with Crippen LogP contribution in [0, 0.1) is 5.92 Å². The number of sulfonamides is 1. The van der Waals surface area contributed by atoms with E-state index in [1.165, 1.54) is 10.6 Å². The van der Waals surface area contributed by atoms with Crippen LogP contribution in [-0.2, 0) is 32.7 Å². The van der Waals surface area contributed by atoms with Crippen molar-refractivity contribution < 1.29 is 18.0 Å². The van der Waals surface area contributed by atoms with Crippen molar-refractivity contribution in [3.63, 3.8) is 0 Å². The van der Waals surface area contributed by atoms with Crippen molar-refractivity contribution in [1.82, 2.24) is 14.5 Å². The van der Waals surface area contributed by atoms with Gasteiger partial charge in [-0.05, 0) is 30.4 Å². The number of hydrogen-bond acceptors (Lipinski definition) is 4. The first-order valence-corrected chi connectivity index (χ1v) is 11.3. The van der Waals surface area contributed by atoms with E-state index in [0.717, 1.165) is 24.1 Å². The summed E-state index contributed by atoms with van der Waals surface area (Å²) in [5.41, 5.74) is 2.06. The van der Waals surface area contributed by atoms with E-state index in [1.54, 1.807) is 0 Å². The molecule has 0 bridgehead atoms. The van der Waals surface area contributed by atoms with Gasteiger partial charge in [0, 0.05) is 39.1 Å². The molecule has 2 saturated heterocycles. The standard InChI is InChI=1S/C19H27N3O4S/c1-27(25,26)22-11-2-4-17(14-22)19(24)20-12-15-6-8-16(9-7-15)13-21-10-3-5-18(21)23/h6-9,17H,2-5,10-14H2,1H3,(H,20,24)/t17-/m0/s1. The lowest BCUT2D eigenvalue weighted by atomic mass is 9.98. The molecule has 0 saturated carbocycles. The van der Waals surface area contributed by atoms with E-state index in [0.29, 0.717) is 38.9 Å². The summed E-state index contributed by atoms with van der Waals surface area (Å²) in [6, 6.07) is 7.89. The minimum Gasteiger partial charge on any atom is -0.352 e. The molecule has 1 aromatic carbocycles. The Labute approximate surface area is 160 Å². The van der Waals surface area contributed by atoms with E-state index >= 15 is 0 Å². The zero-order valence-electron chi connectivity index (χ0n) is 15.7. The molecule has 0 aromatic heterocycles. The average Bonchev–Trinajstić information content (AvgIpc) is 3.05. The number of nitrogens with zero attached hydrogens (tertiary/aromatic N) is 2. The minimum absolute atomic E-state index is 0.102. The summed E-state index contributed by atoms with van der Waals surface area (Å²) in [6.07, 6.45) is 4.17. The van der Waals surface area contributed by atoms with Crippen LogP contribution in [0.4, 0.5) is 0 Å². The summed E-state index contributed by atoms with van der Waals surface area (Å²) in [5, 5.41) is 2.92. The molecule has 2 heterocycles. The highest BCUT2D eigenvalue weighted by atomic mass is 32.2. The zero-order valence-corrected chi connectivity index (χ0v) is 16.5. The van der Waals surface area contributed by atoms with E-state index in [2.05, 4.69) is 5.32 Å². The second kappa shape index (κ2) is 8.39. The van der Waals surface area contributed by atoms with E-state index in [1.807, 2.05) is 29.2 Å². The molecule has 2 fully saturated rings. The first kappa shape index (κ1) is 19.8. The number of carbonyl (C=O) groups excluding carboxylic acids is 2. The maximum Gasteiger partial charge on any atom is 0.224 e. The SMILES string of the molecule is CS(=O)(=O)N1CCC[C@H](C(=O)NCc2ccc(CN3CCCC3=O)cc2)C1. The van der Waals surface area contributed by atoms with Gasteiger partial charge in [0.15, 0.2) is 0 Å². The Hall–Kier alpha value is -1.93. The Morgan fingerprint density at radius 3 is 2.48 bits per heavy atom. The van der Waals surface area contributed by atoms with E-state index in [9.17, 15) is 18.0 Å². The van der Waals surface area contributed by atoms with Gasteiger partial charge in [-0.25, -0.2) is 12.7 Å². The lowest BCUT2D eigenvalue weighted by Gasteiger charge is -2.30. The third-order valence-electron chi connectivity index (χ3n) is 5.26. The third kappa shape index (κ3) is 5.29. The van der Waals surface area contributed by atoms with Crippen LogP contribution in [-0.4, -0.2) is 55.3 Å². The smallest absolute Gasteiger partial charge is 0.224 e. The molecule has 2 aliphatic heterocycles. The van der Waals surface area contributed by atoms with Crippen molar-refractivity contribution in [3.05, 3.63) is 35.4 Å². The van der Waals surface area contributed by atoms with Gasteiger partial charge in [0.2, 0.25) is 21.8 Å². The highest BCUT2D eigenvalue weighted by Crippen LogP contribution is 2.19. The van der Waals surface area contributed by atoms with Gasteiger partial charge in [0.25, 0.3) is 0 Å². The molecule has 8 heteroatoms. The first-order valence-electron chi connectivity index (χ1n) is 9.41. The average molecular weight is 394 g/mol. The molecule has 2 amide bonds. The number of carbonyl (C=O) groups is 2. The highest BCUT2D eigenvalue weighted by Gasteiger charge is 2.30. The Kier molecular flexibility index (Phi) is 6.16. The van der Waals surface area contributed by atoms with Crippen LogP contribution in [0.15, 0.2) is 24.3 Å². The van der Waals surface area contributed by atoms with Crippen molar-refractivity contribution >= 4 is 21.8 Å². The monoisotopic (exact) mass is 393 g/mol. The van der Waals surface area contributed by atoms with Crippen LogP contribution in [0.1, 0.15) is 36.8 Å². The van der Waals surface area contributed by atoms with Crippen LogP contribution in [0.25, 0.3) is 0 Å². The minimum atomic E-state index is -3.25. The molecule has 0 unspecified atom stereocenters. The van der Waals surface area contributed by atoms with Crippen molar-refractivity contribution in [2.75, 3.05) is 25.9 Å². The number of likely N-dealkylation sites (tertiary alicyclic amines) is 1. The van der Waals surface area contributed by atoms with E-state index < -0.39 is 10.0 Å². The third-order valence-corrected chi connectivity index (χ3v) is 6.53. The normalized spacial score (nSPS) is 21.4. The van der Waals surface area contributed by atoms with Crippen molar-refractivity contribution in [2.24, 2.45) is 5.92 Å². The molecule has 7 nitrogen and oxygen atoms in total. The van der Waals surface area contributed by atoms with Gasteiger partial charge in [-0.15, -0.1) is 0 Å². The Morgan fingerprint density at radius 1 is 1.15 bits per heavy atom. The number of piperidine rings is 1. The van der Waals surface area contributed by atoms with Crippen molar-refractivity contribution in [2.45, 2.75) is 38.8 Å². The summed E-state index contributed by atoms with van der Waals surface area (Å²) in [4.78, 5) is 26.0.